The van der Waals surface area contributed by atoms with Crippen molar-refractivity contribution in [2.45, 2.75) is 110 Å². The van der Waals surface area contributed by atoms with Gasteiger partial charge in [0.15, 0.2) is 0 Å². The van der Waals surface area contributed by atoms with Crippen LogP contribution >= 0.6 is 0 Å². The minimum atomic E-state index is -0.706. The van der Waals surface area contributed by atoms with Gasteiger partial charge in [0.1, 0.15) is 0 Å². The third kappa shape index (κ3) is 20.9. The Morgan fingerprint density at radius 1 is 0.625 bits per heavy atom. The second-order valence-corrected chi connectivity index (χ2v) is 6.78. The minimum absolute atomic E-state index is 0.255. The largest absolute Gasteiger partial charge is 0.481 e. The molecule has 0 aromatic heterocycles. The van der Waals surface area contributed by atoms with Gasteiger partial charge in [-0.15, -0.1) is 0 Å². The average molecular weight is 337 g/mol. The molecule has 2 nitrogen and oxygen atoms in total. The van der Waals surface area contributed by atoms with Crippen molar-refractivity contribution >= 4 is 5.97 Å². The number of carboxylic acids is 1. The van der Waals surface area contributed by atoms with Gasteiger partial charge >= 0.3 is 5.97 Å². The summed E-state index contributed by atoms with van der Waals surface area (Å²) in [6, 6.07) is 0. The Bertz CT molecular complexity index is 318. The van der Waals surface area contributed by atoms with Gasteiger partial charge in [-0.1, -0.05) is 82.6 Å². The maximum absolute atomic E-state index is 10.3. The van der Waals surface area contributed by atoms with E-state index in [4.69, 9.17) is 5.11 Å². The van der Waals surface area contributed by atoms with Crippen LogP contribution in [0.15, 0.2) is 24.3 Å². The zero-order valence-electron chi connectivity index (χ0n) is 16.0. The lowest BCUT2D eigenvalue weighted by Crippen LogP contribution is -1.91. The molecule has 140 valence electrons. The maximum Gasteiger partial charge on any atom is 0.303 e. The van der Waals surface area contributed by atoms with E-state index < -0.39 is 5.97 Å². The van der Waals surface area contributed by atoms with Crippen LogP contribution in [0.3, 0.4) is 0 Å². The van der Waals surface area contributed by atoms with E-state index in [1.54, 1.807) is 0 Å². The lowest BCUT2D eigenvalue weighted by Gasteiger charge is -2.01. The first kappa shape index (κ1) is 22.9. The number of hydrogen-bond acceptors (Lipinski definition) is 1. The highest BCUT2D eigenvalue weighted by atomic mass is 16.4. The summed E-state index contributed by atoms with van der Waals surface area (Å²) in [5.41, 5.74) is 0. The summed E-state index contributed by atoms with van der Waals surface area (Å²) < 4.78 is 0. The van der Waals surface area contributed by atoms with Crippen LogP contribution < -0.4 is 0 Å². The number of unbranched alkanes of at least 4 members (excludes halogenated alkanes) is 12. The van der Waals surface area contributed by atoms with E-state index >= 15 is 0 Å². The van der Waals surface area contributed by atoms with Crippen molar-refractivity contribution in [2.24, 2.45) is 0 Å². The molecule has 0 aliphatic carbocycles. The van der Waals surface area contributed by atoms with Crippen molar-refractivity contribution in [3.05, 3.63) is 24.3 Å². The second-order valence-electron chi connectivity index (χ2n) is 6.78. The van der Waals surface area contributed by atoms with Gasteiger partial charge < -0.3 is 5.11 Å². The molecule has 0 aromatic rings. The van der Waals surface area contributed by atoms with Gasteiger partial charge in [-0.2, -0.15) is 0 Å². The topological polar surface area (TPSA) is 37.3 Å². The first-order valence-corrected chi connectivity index (χ1v) is 10.3. The van der Waals surface area contributed by atoms with Crippen LogP contribution in [-0.4, -0.2) is 11.1 Å². The van der Waals surface area contributed by atoms with Gasteiger partial charge in [0.25, 0.3) is 0 Å². The molecular formula is C22H40O2. The molecule has 0 amide bonds. The summed E-state index contributed by atoms with van der Waals surface area (Å²) in [6.45, 7) is 2.26. The number of allylic oxidation sites excluding steroid dienone is 4. The maximum atomic E-state index is 10.3. The van der Waals surface area contributed by atoms with Crippen LogP contribution in [0.5, 0.6) is 0 Å². The molecular weight excluding hydrogens is 296 g/mol. The van der Waals surface area contributed by atoms with Crippen LogP contribution in [0, 0.1) is 0 Å². The minimum Gasteiger partial charge on any atom is -0.481 e. The molecule has 0 saturated carbocycles. The summed E-state index contributed by atoms with van der Waals surface area (Å²) in [7, 11) is 0. The Kier molecular flexibility index (Phi) is 19.1. The molecule has 0 atom stereocenters. The van der Waals surface area contributed by atoms with Crippen molar-refractivity contribution in [1.29, 1.82) is 0 Å². The number of hydrogen-bond donors (Lipinski definition) is 1. The summed E-state index contributed by atoms with van der Waals surface area (Å²) in [4.78, 5) is 10.3. The molecule has 0 rings (SSSR count). The fourth-order valence-corrected chi connectivity index (χ4v) is 2.78. The molecule has 24 heavy (non-hydrogen) atoms. The van der Waals surface area contributed by atoms with Gasteiger partial charge in [0, 0.05) is 6.42 Å². The molecule has 0 aliphatic rings. The predicted octanol–water partition coefficient (Wildman–Crippen LogP) is 7.44. The van der Waals surface area contributed by atoms with E-state index in [0.717, 1.165) is 6.42 Å². The van der Waals surface area contributed by atoms with Crippen LogP contribution in [-0.2, 0) is 4.79 Å². The van der Waals surface area contributed by atoms with Gasteiger partial charge in [0.2, 0.25) is 0 Å². The first-order valence-electron chi connectivity index (χ1n) is 10.3. The molecule has 0 saturated heterocycles. The molecule has 0 unspecified atom stereocenters. The Labute approximate surface area is 150 Å². The van der Waals surface area contributed by atoms with E-state index in [1.165, 1.54) is 83.5 Å². The van der Waals surface area contributed by atoms with Gasteiger partial charge in [0.05, 0.1) is 0 Å². The van der Waals surface area contributed by atoms with E-state index in [1.807, 2.05) is 6.08 Å². The molecule has 2 heteroatoms. The zero-order valence-corrected chi connectivity index (χ0v) is 16.0. The molecule has 1 N–H and O–H groups in total. The van der Waals surface area contributed by atoms with Crippen molar-refractivity contribution in [3.63, 3.8) is 0 Å². The molecule has 0 bridgehead atoms. The number of aliphatic carboxylic acids is 1. The summed E-state index contributed by atoms with van der Waals surface area (Å²) in [6.07, 6.45) is 28.3. The Balaban J connectivity index is 3.11. The Hall–Kier alpha value is -1.05. The Morgan fingerprint density at radius 2 is 1.00 bits per heavy atom. The summed E-state index contributed by atoms with van der Waals surface area (Å²) in [5, 5.41) is 8.52. The predicted molar refractivity (Wildman–Crippen MR) is 105 cm³/mol. The van der Waals surface area contributed by atoms with E-state index in [9.17, 15) is 4.79 Å². The normalized spacial score (nSPS) is 11.7. The lowest BCUT2D eigenvalue weighted by atomic mass is 10.1. The average Bonchev–Trinajstić information content (AvgIpc) is 2.56. The van der Waals surface area contributed by atoms with E-state index in [0.29, 0.717) is 6.42 Å². The van der Waals surface area contributed by atoms with Gasteiger partial charge in [-0.25, -0.2) is 0 Å². The highest BCUT2D eigenvalue weighted by molar-refractivity contribution is 5.66. The number of carbonyl (C=O) groups is 1. The van der Waals surface area contributed by atoms with Crippen molar-refractivity contribution in [2.75, 3.05) is 0 Å². The molecule has 0 fully saturated rings. The quantitative estimate of drug-likeness (QED) is 0.208. The van der Waals surface area contributed by atoms with Crippen LogP contribution in [0.4, 0.5) is 0 Å². The van der Waals surface area contributed by atoms with E-state index in [2.05, 4.69) is 25.2 Å². The fourth-order valence-electron chi connectivity index (χ4n) is 2.78. The molecule has 0 spiro atoms. The van der Waals surface area contributed by atoms with Gasteiger partial charge in [-0.05, 0) is 44.9 Å². The van der Waals surface area contributed by atoms with Gasteiger partial charge in [-0.3, -0.25) is 4.79 Å². The highest BCUT2D eigenvalue weighted by Crippen LogP contribution is 2.11. The molecule has 0 aliphatic heterocycles. The number of carboxylic acid groups (broad SMARTS) is 1. The van der Waals surface area contributed by atoms with Crippen LogP contribution in [0.1, 0.15) is 110 Å². The van der Waals surface area contributed by atoms with Crippen LogP contribution in [0.2, 0.25) is 0 Å². The third-order valence-electron chi connectivity index (χ3n) is 4.32. The highest BCUT2D eigenvalue weighted by Gasteiger charge is 1.93. The third-order valence-corrected chi connectivity index (χ3v) is 4.32. The van der Waals surface area contributed by atoms with Crippen molar-refractivity contribution < 1.29 is 9.90 Å². The number of rotatable bonds is 18. The van der Waals surface area contributed by atoms with E-state index in [-0.39, 0.29) is 6.42 Å². The monoisotopic (exact) mass is 336 g/mol. The lowest BCUT2D eigenvalue weighted by molar-refractivity contribution is -0.136. The standard InChI is InChI=1S/C22H40O2/c1-2-3-4-5-6-7-8-9-10-11-12-13-14-15-16-17-18-19-20-21-22(23)24/h6-7,18-19H,2-5,8-17,20-21H2,1H3,(H,23,24)/b7-6+,19-18+. The molecule has 0 radical (unpaired) electrons. The summed E-state index contributed by atoms with van der Waals surface area (Å²) in [5.74, 6) is -0.706. The smallest absolute Gasteiger partial charge is 0.303 e. The SMILES string of the molecule is CCCCC/C=C/CCCCCCCCCC/C=C/CCC(=O)O. The fraction of sp³-hybridized carbons (Fsp3) is 0.773. The molecule has 0 heterocycles. The molecule has 0 aromatic carbocycles. The zero-order chi connectivity index (χ0) is 17.7. The first-order chi connectivity index (χ1) is 11.8. The van der Waals surface area contributed by atoms with Crippen LogP contribution in [0.25, 0.3) is 0 Å². The Morgan fingerprint density at radius 3 is 1.42 bits per heavy atom. The summed E-state index contributed by atoms with van der Waals surface area (Å²) >= 11 is 0. The van der Waals surface area contributed by atoms with Crippen molar-refractivity contribution in [1.82, 2.24) is 0 Å². The second kappa shape index (κ2) is 20.0. The van der Waals surface area contributed by atoms with Crippen molar-refractivity contribution in [3.8, 4) is 0 Å².